The Kier molecular flexibility index (Phi) is 7.08. The van der Waals surface area contributed by atoms with Crippen molar-refractivity contribution in [3.63, 3.8) is 0 Å². The molecule has 0 unspecified atom stereocenters. The van der Waals surface area contributed by atoms with E-state index in [1.165, 1.54) is 23.8 Å². The Morgan fingerprint density at radius 1 is 1.00 bits per heavy atom. The van der Waals surface area contributed by atoms with Crippen molar-refractivity contribution in [3.05, 3.63) is 89.7 Å². The van der Waals surface area contributed by atoms with Gasteiger partial charge in [-0.3, -0.25) is 9.69 Å². The highest BCUT2D eigenvalue weighted by Gasteiger charge is 2.15. The van der Waals surface area contributed by atoms with E-state index in [0.29, 0.717) is 11.4 Å². The van der Waals surface area contributed by atoms with Crippen LogP contribution >= 0.6 is 12.4 Å². The van der Waals surface area contributed by atoms with Crippen LogP contribution in [0.15, 0.2) is 77.2 Å². The fourth-order valence-corrected chi connectivity index (χ4v) is 4.08. The summed E-state index contributed by atoms with van der Waals surface area (Å²) >= 11 is 0. The minimum absolute atomic E-state index is 0. The van der Waals surface area contributed by atoms with Crippen LogP contribution in [0, 0.1) is 5.82 Å². The molecule has 1 amide bonds. The molecule has 5 rings (SSSR count). The van der Waals surface area contributed by atoms with Gasteiger partial charge < -0.3 is 15.1 Å². The molecule has 33 heavy (non-hydrogen) atoms. The molecule has 2 N–H and O–H groups in total. The van der Waals surface area contributed by atoms with E-state index in [0.717, 1.165) is 49.3 Å². The molecule has 0 radical (unpaired) electrons. The molecular formula is C26H25ClFN3O2. The summed E-state index contributed by atoms with van der Waals surface area (Å²) < 4.78 is 19.6. The number of piperazine rings is 1. The fraction of sp³-hybridized carbons (Fsp3) is 0.192. The maximum Gasteiger partial charge on any atom is 0.255 e. The molecule has 0 spiro atoms. The summed E-state index contributed by atoms with van der Waals surface area (Å²) in [6.45, 7) is 5.06. The molecule has 0 atom stereocenters. The zero-order chi connectivity index (χ0) is 21.9. The second-order valence-electron chi connectivity index (χ2n) is 8.02. The van der Waals surface area contributed by atoms with E-state index < -0.39 is 5.82 Å². The SMILES string of the molecule is Cl.O=C(Nc1ccccc1-c1cc2cc(CN3CCNCC3)ccc2o1)c1cccc(F)c1. The minimum atomic E-state index is -0.445. The first kappa shape index (κ1) is 23.0. The first-order valence-corrected chi connectivity index (χ1v) is 10.8. The number of furan rings is 1. The van der Waals surface area contributed by atoms with E-state index in [1.807, 2.05) is 36.4 Å². The maximum absolute atomic E-state index is 13.5. The van der Waals surface area contributed by atoms with E-state index >= 15 is 0 Å². The van der Waals surface area contributed by atoms with E-state index in [-0.39, 0.29) is 23.9 Å². The predicted molar refractivity (Wildman–Crippen MR) is 131 cm³/mol. The van der Waals surface area contributed by atoms with Gasteiger partial charge in [0, 0.05) is 49.2 Å². The van der Waals surface area contributed by atoms with Crippen LogP contribution in [0.2, 0.25) is 0 Å². The van der Waals surface area contributed by atoms with E-state index in [1.54, 1.807) is 6.07 Å². The third kappa shape index (κ3) is 5.25. The Bertz CT molecular complexity index is 1270. The minimum Gasteiger partial charge on any atom is -0.456 e. The molecule has 1 aliphatic heterocycles. The first-order chi connectivity index (χ1) is 15.7. The highest BCUT2D eigenvalue weighted by molar-refractivity contribution is 6.06. The van der Waals surface area contributed by atoms with E-state index in [2.05, 4.69) is 27.7 Å². The number of nitrogens with one attached hydrogen (secondary N) is 2. The highest BCUT2D eigenvalue weighted by atomic mass is 35.5. The summed E-state index contributed by atoms with van der Waals surface area (Å²) in [4.78, 5) is 15.1. The number of amides is 1. The topological polar surface area (TPSA) is 57.5 Å². The monoisotopic (exact) mass is 465 g/mol. The molecule has 1 saturated heterocycles. The number of nitrogens with zero attached hydrogens (tertiary/aromatic N) is 1. The Balaban J connectivity index is 0.00000259. The molecule has 0 bridgehead atoms. The number of benzene rings is 3. The number of para-hydroxylation sites is 1. The summed E-state index contributed by atoms with van der Waals surface area (Å²) in [6, 6.07) is 21.4. The van der Waals surface area contributed by atoms with Crippen molar-refractivity contribution in [2.24, 2.45) is 0 Å². The normalized spacial score (nSPS) is 14.1. The van der Waals surface area contributed by atoms with Crippen LogP contribution in [0.3, 0.4) is 0 Å². The molecule has 0 saturated carbocycles. The lowest BCUT2D eigenvalue weighted by Crippen LogP contribution is -2.42. The van der Waals surface area contributed by atoms with Gasteiger partial charge in [0.1, 0.15) is 17.2 Å². The zero-order valence-electron chi connectivity index (χ0n) is 18.0. The lowest BCUT2D eigenvalue weighted by atomic mass is 10.1. The van der Waals surface area contributed by atoms with Crippen LogP contribution in [-0.4, -0.2) is 37.0 Å². The Labute approximate surface area is 198 Å². The van der Waals surface area contributed by atoms with Crippen molar-refractivity contribution < 1.29 is 13.6 Å². The first-order valence-electron chi connectivity index (χ1n) is 10.8. The molecule has 7 heteroatoms. The van der Waals surface area contributed by atoms with Gasteiger partial charge in [-0.2, -0.15) is 0 Å². The van der Waals surface area contributed by atoms with Gasteiger partial charge in [0.15, 0.2) is 0 Å². The molecule has 2 heterocycles. The van der Waals surface area contributed by atoms with Gasteiger partial charge in [-0.1, -0.05) is 24.3 Å². The Morgan fingerprint density at radius 2 is 1.82 bits per heavy atom. The average molecular weight is 466 g/mol. The number of fused-ring (bicyclic) bond motifs is 1. The molecule has 1 fully saturated rings. The quantitative estimate of drug-likeness (QED) is 0.419. The number of carbonyl (C=O) groups excluding carboxylic acids is 1. The molecule has 1 aliphatic rings. The average Bonchev–Trinajstić information content (AvgIpc) is 3.23. The van der Waals surface area contributed by atoms with Gasteiger partial charge in [-0.15, -0.1) is 12.4 Å². The third-order valence-electron chi connectivity index (χ3n) is 5.72. The summed E-state index contributed by atoms with van der Waals surface area (Å²) in [5.41, 5.74) is 3.70. The second kappa shape index (κ2) is 10.2. The maximum atomic E-state index is 13.5. The largest absolute Gasteiger partial charge is 0.456 e. The van der Waals surface area contributed by atoms with Gasteiger partial charge in [0.05, 0.1) is 5.69 Å². The zero-order valence-corrected chi connectivity index (χ0v) is 18.8. The van der Waals surface area contributed by atoms with Crippen LogP contribution in [0.5, 0.6) is 0 Å². The number of anilines is 1. The summed E-state index contributed by atoms with van der Waals surface area (Å²) in [6.07, 6.45) is 0. The van der Waals surface area contributed by atoms with Crippen molar-refractivity contribution in [2.45, 2.75) is 6.54 Å². The van der Waals surface area contributed by atoms with Crippen LogP contribution in [0.1, 0.15) is 15.9 Å². The number of carbonyl (C=O) groups is 1. The van der Waals surface area contributed by atoms with E-state index in [9.17, 15) is 9.18 Å². The van der Waals surface area contributed by atoms with Crippen LogP contribution in [-0.2, 0) is 6.54 Å². The van der Waals surface area contributed by atoms with Crippen LogP contribution in [0.25, 0.3) is 22.3 Å². The molecular weight excluding hydrogens is 441 g/mol. The predicted octanol–water partition coefficient (Wildman–Crippen LogP) is 5.32. The summed E-state index contributed by atoms with van der Waals surface area (Å²) in [5.74, 6) is -0.138. The second-order valence-corrected chi connectivity index (χ2v) is 8.02. The molecule has 5 nitrogen and oxygen atoms in total. The highest BCUT2D eigenvalue weighted by Crippen LogP contribution is 2.33. The number of halogens is 2. The van der Waals surface area contributed by atoms with Crippen molar-refractivity contribution in [3.8, 4) is 11.3 Å². The van der Waals surface area contributed by atoms with E-state index in [4.69, 9.17) is 4.42 Å². The summed E-state index contributed by atoms with van der Waals surface area (Å²) in [5, 5.41) is 7.29. The lowest BCUT2D eigenvalue weighted by molar-refractivity contribution is 0.102. The van der Waals surface area contributed by atoms with Crippen molar-refractivity contribution in [2.75, 3.05) is 31.5 Å². The smallest absolute Gasteiger partial charge is 0.255 e. The molecule has 1 aromatic heterocycles. The fourth-order valence-electron chi connectivity index (χ4n) is 4.08. The Hall–Kier alpha value is -3.19. The van der Waals surface area contributed by atoms with Crippen molar-refractivity contribution in [1.29, 1.82) is 0 Å². The number of rotatable bonds is 5. The van der Waals surface area contributed by atoms with Gasteiger partial charge in [-0.05, 0) is 54.1 Å². The standard InChI is InChI=1S/C26H24FN3O2.ClH/c27-21-5-3-4-19(15-21)26(31)29-23-7-2-1-6-22(23)25-16-20-14-18(8-9-24(20)32-25)17-30-12-10-28-11-13-30;/h1-9,14-16,28H,10-13,17H2,(H,29,31);1H. The number of hydrogen-bond acceptors (Lipinski definition) is 4. The lowest BCUT2D eigenvalue weighted by Gasteiger charge is -2.27. The van der Waals surface area contributed by atoms with Gasteiger partial charge in [-0.25, -0.2) is 4.39 Å². The van der Waals surface area contributed by atoms with Crippen LogP contribution < -0.4 is 10.6 Å². The summed E-state index contributed by atoms with van der Waals surface area (Å²) in [7, 11) is 0. The van der Waals surface area contributed by atoms with Gasteiger partial charge in [0.25, 0.3) is 5.91 Å². The van der Waals surface area contributed by atoms with Crippen molar-refractivity contribution in [1.82, 2.24) is 10.2 Å². The van der Waals surface area contributed by atoms with Crippen LogP contribution in [0.4, 0.5) is 10.1 Å². The number of hydrogen-bond donors (Lipinski definition) is 2. The molecule has 3 aromatic carbocycles. The third-order valence-corrected chi connectivity index (χ3v) is 5.72. The molecule has 170 valence electrons. The van der Waals surface area contributed by atoms with Gasteiger partial charge in [0.2, 0.25) is 0 Å². The van der Waals surface area contributed by atoms with Gasteiger partial charge >= 0.3 is 0 Å². The van der Waals surface area contributed by atoms with Crippen molar-refractivity contribution >= 4 is 35.0 Å². The Morgan fingerprint density at radius 3 is 2.64 bits per heavy atom. The molecule has 4 aromatic rings. The molecule has 0 aliphatic carbocycles.